The molecule has 1 aromatic carbocycles. The first kappa shape index (κ1) is 14.5. The van der Waals surface area contributed by atoms with Crippen LogP contribution in [0.15, 0.2) is 18.2 Å². The maximum absolute atomic E-state index is 11.2. The molecule has 0 spiro atoms. The first-order valence-corrected chi connectivity index (χ1v) is 6.52. The Bertz CT molecular complexity index is 558. The molecule has 1 unspecified atom stereocenters. The molecule has 0 aliphatic carbocycles. The standard InChI is InChI=1S/C14H18N2O4/c1-10-11(4-3-5-12(10)16(19)20)8-15-7-6-14(2,9-15)13(17)18/h3-5H,6-9H2,1-2H3,(H,17,18). The molecule has 1 aromatic rings. The molecule has 2 rings (SSSR count). The number of carbonyl (C=O) groups is 1. The van der Waals surface area contributed by atoms with Gasteiger partial charge in [0.25, 0.3) is 5.69 Å². The third-order valence-electron chi connectivity index (χ3n) is 4.08. The Kier molecular flexibility index (Phi) is 3.76. The summed E-state index contributed by atoms with van der Waals surface area (Å²) in [6.07, 6.45) is 0.607. The van der Waals surface area contributed by atoms with Crippen molar-refractivity contribution in [3.63, 3.8) is 0 Å². The summed E-state index contributed by atoms with van der Waals surface area (Å²) in [5.74, 6) is -0.782. The lowest BCUT2D eigenvalue weighted by Crippen LogP contribution is -2.31. The highest BCUT2D eigenvalue weighted by Gasteiger charge is 2.40. The number of rotatable bonds is 4. The van der Waals surface area contributed by atoms with Gasteiger partial charge in [0.15, 0.2) is 0 Å². The van der Waals surface area contributed by atoms with Crippen LogP contribution in [-0.2, 0) is 11.3 Å². The number of nitro benzene ring substituents is 1. The van der Waals surface area contributed by atoms with Gasteiger partial charge in [-0.25, -0.2) is 0 Å². The van der Waals surface area contributed by atoms with Crippen molar-refractivity contribution in [2.24, 2.45) is 5.41 Å². The summed E-state index contributed by atoms with van der Waals surface area (Å²) in [6.45, 7) is 5.21. The highest BCUT2D eigenvalue weighted by molar-refractivity contribution is 5.74. The number of carboxylic acids is 1. The molecule has 0 radical (unpaired) electrons. The highest BCUT2D eigenvalue weighted by atomic mass is 16.6. The van der Waals surface area contributed by atoms with Gasteiger partial charge in [-0.15, -0.1) is 0 Å². The third kappa shape index (κ3) is 2.65. The van der Waals surface area contributed by atoms with Gasteiger partial charge in [-0.2, -0.15) is 0 Å². The molecule has 20 heavy (non-hydrogen) atoms. The Morgan fingerprint density at radius 1 is 1.55 bits per heavy atom. The van der Waals surface area contributed by atoms with Crippen LogP contribution >= 0.6 is 0 Å². The molecule has 0 bridgehead atoms. The molecule has 1 saturated heterocycles. The van der Waals surface area contributed by atoms with Gasteiger partial charge in [0, 0.05) is 24.7 Å². The molecule has 1 aliphatic rings. The summed E-state index contributed by atoms with van der Waals surface area (Å²) in [5.41, 5.74) is 0.937. The summed E-state index contributed by atoms with van der Waals surface area (Å²) in [6, 6.07) is 5.02. The molecule has 1 aliphatic heterocycles. The Morgan fingerprint density at radius 3 is 2.80 bits per heavy atom. The van der Waals surface area contributed by atoms with E-state index in [9.17, 15) is 20.0 Å². The van der Waals surface area contributed by atoms with E-state index in [1.165, 1.54) is 6.07 Å². The summed E-state index contributed by atoms with van der Waals surface area (Å²) in [7, 11) is 0. The maximum atomic E-state index is 11.2. The van der Waals surface area contributed by atoms with Crippen LogP contribution in [-0.4, -0.2) is 34.0 Å². The molecule has 1 fully saturated rings. The van der Waals surface area contributed by atoms with Crippen molar-refractivity contribution in [3.05, 3.63) is 39.4 Å². The zero-order valence-electron chi connectivity index (χ0n) is 11.6. The zero-order chi connectivity index (χ0) is 14.9. The minimum atomic E-state index is -0.782. The van der Waals surface area contributed by atoms with Crippen molar-refractivity contribution in [3.8, 4) is 0 Å². The van der Waals surface area contributed by atoms with Crippen molar-refractivity contribution >= 4 is 11.7 Å². The molecule has 0 aromatic heterocycles. The maximum Gasteiger partial charge on any atom is 0.310 e. The van der Waals surface area contributed by atoms with Crippen LogP contribution in [0, 0.1) is 22.5 Å². The van der Waals surface area contributed by atoms with Crippen LogP contribution in [0.1, 0.15) is 24.5 Å². The van der Waals surface area contributed by atoms with E-state index in [0.717, 1.165) is 5.56 Å². The van der Waals surface area contributed by atoms with E-state index in [0.29, 0.717) is 31.6 Å². The minimum absolute atomic E-state index is 0.114. The molecule has 1 atom stereocenters. The molecular weight excluding hydrogens is 260 g/mol. The Labute approximate surface area is 117 Å². The van der Waals surface area contributed by atoms with Crippen LogP contribution in [0.5, 0.6) is 0 Å². The Balaban J connectivity index is 2.15. The molecule has 1 heterocycles. The van der Waals surface area contributed by atoms with Crippen LogP contribution in [0.3, 0.4) is 0 Å². The number of likely N-dealkylation sites (tertiary alicyclic amines) is 1. The monoisotopic (exact) mass is 278 g/mol. The van der Waals surface area contributed by atoms with Crippen molar-refractivity contribution < 1.29 is 14.8 Å². The lowest BCUT2D eigenvalue weighted by molar-refractivity contribution is -0.385. The summed E-state index contributed by atoms with van der Waals surface area (Å²) >= 11 is 0. The van der Waals surface area contributed by atoms with E-state index < -0.39 is 11.4 Å². The van der Waals surface area contributed by atoms with E-state index in [4.69, 9.17) is 0 Å². The van der Waals surface area contributed by atoms with Crippen LogP contribution in [0.4, 0.5) is 5.69 Å². The Hall–Kier alpha value is -1.95. The van der Waals surface area contributed by atoms with Crippen molar-refractivity contribution in [2.45, 2.75) is 26.8 Å². The summed E-state index contributed by atoms with van der Waals surface area (Å²) in [5, 5.41) is 20.1. The number of carboxylic acid groups (broad SMARTS) is 1. The molecule has 0 saturated carbocycles. The number of nitrogens with zero attached hydrogens (tertiary/aromatic N) is 2. The van der Waals surface area contributed by atoms with Crippen LogP contribution in [0.2, 0.25) is 0 Å². The highest BCUT2D eigenvalue weighted by Crippen LogP contribution is 2.32. The van der Waals surface area contributed by atoms with Gasteiger partial charge in [0.2, 0.25) is 0 Å². The van der Waals surface area contributed by atoms with E-state index in [-0.39, 0.29) is 10.6 Å². The van der Waals surface area contributed by atoms with Crippen LogP contribution in [0.25, 0.3) is 0 Å². The van der Waals surface area contributed by atoms with E-state index in [2.05, 4.69) is 0 Å². The molecule has 108 valence electrons. The number of hydrogen-bond acceptors (Lipinski definition) is 4. The number of hydrogen-bond donors (Lipinski definition) is 1. The largest absolute Gasteiger partial charge is 0.481 e. The fourth-order valence-electron chi connectivity index (χ4n) is 2.65. The average molecular weight is 278 g/mol. The number of nitro groups is 1. The first-order valence-electron chi connectivity index (χ1n) is 6.52. The van der Waals surface area contributed by atoms with Crippen LogP contribution < -0.4 is 0 Å². The van der Waals surface area contributed by atoms with Gasteiger partial charge in [-0.3, -0.25) is 19.8 Å². The second kappa shape index (κ2) is 5.20. The van der Waals surface area contributed by atoms with Crippen molar-refractivity contribution in [2.75, 3.05) is 13.1 Å². The average Bonchev–Trinajstić information content (AvgIpc) is 2.75. The van der Waals surface area contributed by atoms with Crippen molar-refractivity contribution in [1.82, 2.24) is 4.90 Å². The lowest BCUT2D eigenvalue weighted by Gasteiger charge is -2.20. The third-order valence-corrected chi connectivity index (χ3v) is 4.08. The molecule has 0 amide bonds. The van der Waals surface area contributed by atoms with Gasteiger partial charge in [-0.1, -0.05) is 12.1 Å². The first-order chi connectivity index (χ1) is 9.33. The molecule has 6 nitrogen and oxygen atoms in total. The van der Waals surface area contributed by atoms with Gasteiger partial charge in [-0.05, 0) is 32.4 Å². The van der Waals surface area contributed by atoms with Gasteiger partial charge >= 0.3 is 5.97 Å². The smallest absolute Gasteiger partial charge is 0.310 e. The van der Waals surface area contributed by atoms with Crippen molar-refractivity contribution in [1.29, 1.82) is 0 Å². The fourth-order valence-corrected chi connectivity index (χ4v) is 2.65. The predicted molar refractivity (Wildman–Crippen MR) is 73.5 cm³/mol. The topological polar surface area (TPSA) is 83.7 Å². The van der Waals surface area contributed by atoms with E-state index in [1.54, 1.807) is 19.9 Å². The number of benzene rings is 1. The summed E-state index contributed by atoms with van der Waals surface area (Å²) < 4.78 is 0. The molecule has 6 heteroatoms. The molecule has 1 N–H and O–H groups in total. The normalized spacial score (nSPS) is 22.9. The second-order valence-corrected chi connectivity index (χ2v) is 5.64. The SMILES string of the molecule is Cc1c(CN2CCC(C)(C(=O)O)C2)cccc1[N+](=O)[O-]. The van der Waals surface area contributed by atoms with Gasteiger partial charge in [0.1, 0.15) is 0 Å². The minimum Gasteiger partial charge on any atom is -0.481 e. The Morgan fingerprint density at radius 2 is 2.25 bits per heavy atom. The van der Waals surface area contributed by atoms with Gasteiger partial charge < -0.3 is 5.11 Å². The zero-order valence-corrected chi connectivity index (χ0v) is 11.6. The molecular formula is C14H18N2O4. The van der Waals surface area contributed by atoms with E-state index in [1.807, 2.05) is 11.0 Å². The second-order valence-electron chi connectivity index (χ2n) is 5.64. The fraction of sp³-hybridized carbons (Fsp3) is 0.500. The lowest BCUT2D eigenvalue weighted by atomic mass is 9.90. The van der Waals surface area contributed by atoms with E-state index >= 15 is 0 Å². The predicted octanol–water partition coefficient (Wildman–Crippen LogP) is 2.20. The number of aliphatic carboxylic acids is 1. The van der Waals surface area contributed by atoms with Gasteiger partial charge in [0.05, 0.1) is 10.3 Å². The summed E-state index contributed by atoms with van der Waals surface area (Å²) in [4.78, 5) is 23.8. The quantitative estimate of drug-likeness (QED) is 0.674.